The number of ether oxygens (including phenoxy) is 2. The lowest BCUT2D eigenvalue weighted by Crippen LogP contribution is -2.27. The molecule has 0 unspecified atom stereocenters. The first-order valence-electron chi connectivity index (χ1n) is 9.87. The normalized spacial score (nSPS) is 14.9. The van der Waals surface area contributed by atoms with Gasteiger partial charge in [0.15, 0.2) is 0 Å². The third kappa shape index (κ3) is 6.35. The number of aryl methyl sites for hydroxylation is 2. The summed E-state index contributed by atoms with van der Waals surface area (Å²) in [7, 11) is 0. The number of carbonyl (C=O) groups is 1. The van der Waals surface area contributed by atoms with Crippen LogP contribution in [0.1, 0.15) is 23.1 Å². The Morgan fingerprint density at radius 1 is 1.13 bits per heavy atom. The topological polar surface area (TPSA) is 38.8 Å². The minimum Gasteiger partial charge on any atom is -0.493 e. The number of thioether (sulfide) groups is 1. The number of rotatable bonds is 9. The Bertz CT molecular complexity index is 1020. The van der Waals surface area contributed by atoms with Gasteiger partial charge < -0.3 is 9.47 Å². The van der Waals surface area contributed by atoms with Crippen LogP contribution in [0.5, 0.6) is 11.5 Å². The van der Waals surface area contributed by atoms with Crippen LogP contribution in [0.3, 0.4) is 0 Å². The molecule has 4 nitrogen and oxygen atoms in total. The molecule has 0 saturated carbocycles. The Morgan fingerprint density at radius 3 is 2.55 bits per heavy atom. The Morgan fingerprint density at radius 2 is 1.84 bits per heavy atom. The molecule has 2 aromatic rings. The quantitative estimate of drug-likeness (QED) is 0.188. The van der Waals surface area contributed by atoms with Gasteiger partial charge in [-0.15, -0.1) is 6.58 Å². The van der Waals surface area contributed by atoms with Crippen molar-refractivity contribution in [3.8, 4) is 11.5 Å². The zero-order valence-electron chi connectivity index (χ0n) is 17.5. The van der Waals surface area contributed by atoms with Gasteiger partial charge in [0.2, 0.25) is 0 Å². The molecule has 2 aromatic carbocycles. The van der Waals surface area contributed by atoms with Crippen LogP contribution in [0.25, 0.3) is 6.08 Å². The molecule has 31 heavy (non-hydrogen) atoms. The maximum Gasteiger partial charge on any atom is 0.266 e. The average molecular weight is 474 g/mol. The third-order valence-corrected chi connectivity index (χ3v) is 6.07. The SMILES string of the molecule is C=CCN1C(=O)C(=Cc2cc(Cl)ccc2OCCCOc2cc(C)cc(C)c2)SC1=S. The second-order valence-corrected chi connectivity index (χ2v) is 9.25. The molecule has 1 amide bonds. The minimum absolute atomic E-state index is 0.136. The van der Waals surface area contributed by atoms with E-state index in [0.29, 0.717) is 39.8 Å². The standard InChI is InChI=1S/C24H24ClNO3S2/c1-4-8-26-23(27)22(31-24(26)30)15-18-14-19(25)6-7-21(18)29-10-5-9-28-20-12-16(2)11-17(3)13-20/h4,6-7,11-15H,1,5,8-10H2,2-3H3. The second-order valence-electron chi connectivity index (χ2n) is 7.14. The summed E-state index contributed by atoms with van der Waals surface area (Å²) in [6.45, 7) is 9.19. The van der Waals surface area contributed by atoms with E-state index < -0.39 is 0 Å². The number of amides is 1. The molecule has 0 radical (unpaired) electrons. The van der Waals surface area contributed by atoms with Crippen molar-refractivity contribution in [3.63, 3.8) is 0 Å². The molecule has 0 aromatic heterocycles. The van der Waals surface area contributed by atoms with Gasteiger partial charge >= 0.3 is 0 Å². The molecule has 3 rings (SSSR count). The van der Waals surface area contributed by atoms with E-state index in [4.69, 9.17) is 33.3 Å². The fraction of sp³-hybridized carbons (Fsp3) is 0.250. The number of hydrogen-bond acceptors (Lipinski definition) is 5. The highest BCUT2D eigenvalue weighted by Gasteiger charge is 2.31. The number of benzene rings is 2. The van der Waals surface area contributed by atoms with Gasteiger partial charge in [0.05, 0.1) is 18.1 Å². The van der Waals surface area contributed by atoms with Crippen LogP contribution in [0.2, 0.25) is 5.02 Å². The number of hydrogen-bond donors (Lipinski definition) is 0. The number of carbonyl (C=O) groups excluding carboxylic acids is 1. The largest absolute Gasteiger partial charge is 0.493 e. The van der Waals surface area contributed by atoms with Crippen molar-refractivity contribution in [2.24, 2.45) is 0 Å². The first-order valence-corrected chi connectivity index (χ1v) is 11.5. The predicted octanol–water partition coefficient (Wildman–Crippen LogP) is 6.19. The van der Waals surface area contributed by atoms with Gasteiger partial charge in [0, 0.05) is 23.6 Å². The lowest BCUT2D eigenvalue weighted by molar-refractivity contribution is -0.121. The molecule has 1 saturated heterocycles. The van der Waals surface area contributed by atoms with Crippen LogP contribution >= 0.6 is 35.6 Å². The van der Waals surface area contributed by atoms with Crippen LogP contribution in [-0.4, -0.2) is 34.9 Å². The first-order chi connectivity index (χ1) is 14.9. The fourth-order valence-electron chi connectivity index (χ4n) is 3.14. The summed E-state index contributed by atoms with van der Waals surface area (Å²) >= 11 is 12.7. The summed E-state index contributed by atoms with van der Waals surface area (Å²) in [6, 6.07) is 11.5. The monoisotopic (exact) mass is 473 g/mol. The van der Waals surface area contributed by atoms with Gasteiger partial charge in [0.25, 0.3) is 5.91 Å². The summed E-state index contributed by atoms with van der Waals surface area (Å²) in [6.07, 6.45) is 4.15. The summed E-state index contributed by atoms with van der Waals surface area (Å²) in [5.41, 5.74) is 3.09. The molecule has 1 heterocycles. The third-order valence-electron chi connectivity index (χ3n) is 4.45. The smallest absolute Gasteiger partial charge is 0.266 e. The summed E-state index contributed by atoms with van der Waals surface area (Å²) in [5.74, 6) is 1.39. The van der Waals surface area contributed by atoms with Gasteiger partial charge in [-0.1, -0.05) is 47.7 Å². The first kappa shape index (κ1) is 23.4. The molecule has 7 heteroatoms. The molecule has 0 N–H and O–H groups in total. The average Bonchev–Trinajstić information content (AvgIpc) is 2.96. The summed E-state index contributed by atoms with van der Waals surface area (Å²) in [5, 5.41) is 0.568. The number of thiocarbonyl (C=S) groups is 1. The van der Waals surface area contributed by atoms with E-state index in [-0.39, 0.29) is 5.91 Å². The highest BCUT2D eigenvalue weighted by Crippen LogP contribution is 2.35. The molecule has 0 atom stereocenters. The predicted molar refractivity (Wildman–Crippen MR) is 133 cm³/mol. The van der Waals surface area contributed by atoms with Crippen molar-refractivity contribution >= 4 is 51.9 Å². The highest BCUT2D eigenvalue weighted by atomic mass is 35.5. The van der Waals surface area contributed by atoms with Crippen LogP contribution in [0.4, 0.5) is 0 Å². The highest BCUT2D eigenvalue weighted by molar-refractivity contribution is 8.26. The van der Waals surface area contributed by atoms with Crippen LogP contribution in [-0.2, 0) is 4.79 Å². The van der Waals surface area contributed by atoms with E-state index in [1.165, 1.54) is 27.8 Å². The van der Waals surface area contributed by atoms with E-state index in [9.17, 15) is 4.79 Å². The maximum absolute atomic E-state index is 12.6. The van der Waals surface area contributed by atoms with Crippen LogP contribution < -0.4 is 9.47 Å². The Balaban J connectivity index is 1.62. The van der Waals surface area contributed by atoms with E-state index in [0.717, 1.165) is 17.7 Å². The van der Waals surface area contributed by atoms with Crippen molar-refractivity contribution in [2.75, 3.05) is 19.8 Å². The molecule has 1 aliphatic rings. The van der Waals surface area contributed by atoms with Crippen molar-refractivity contribution in [3.05, 3.63) is 75.7 Å². The molecule has 162 valence electrons. The van der Waals surface area contributed by atoms with Crippen molar-refractivity contribution in [1.82, 2.24) is 4.90 Å². The van der Waals surface area contributed by atoms with E-state index in [2.05, 4.69) is 26.5 Å². The van der Waals surface area contributed by atoms with E-state index in [1.807, 2.05) is 18.2 Å². The van der Waals surface area contributed by atoms with Gasteiger partial charge in [0.1, 0.15) is 15.8 Å². The zero-order chi connectivity index (χ0) is 22.4. The van der Waals surface area contributed by atoms with Crippen molar-refractivity contribution in [1.29, 1.82) is 0 Å². The molecule has 0 aliphatic carbocycles. The molecule has 0 spiro atoms. The minimum atomic E-state index is -0.136. The molecule has 1 aliphatic heterocycles. The lowest BCUT2D eigenvalue weighted by atomic mass is 10.1. The summed E-state index contributed by atoms with van der Waals surface area (Å²) < 4.78 is 12.3. The zero-order valence-corrected chi connectivity index (χ0v) is 19.9. The molecule has 0 bridgehead atoms. The van der Waals surface area contributed by atoms with E-state index in [1.54, 1.807) is 24.3 Å². The molecule has 1 fully saturated rings. The Hall–Kier alpha value is -2.28. The Kier molecular flexibility index (Phi) is 8.18. The summed E-state index contributed by atoms with van der Waals surface area (Å²) in [4.78, 5) is 14.7. The van der Waals surface area contributed by atoms with Crippen LogP contribution in [0, 0.1) is 13.8 Å². The van der Waals surface area contributed by atoms with Gasteiger partial charge in [-0.2, -0.15) is 0 Å². The molecular formula is C24H24ClNO3S2. The van der Waals surface area contributed by atoms with Gasteiger partial charge in [-0.25, -0.2) is 0 Å². The molecular weight excluding hydrogens is 450 g/mol. The van der Waals surface area contributed by atoms with Crippen LogP contribution in [0.15, 0.2) is 54.0 Å². The number of halogens is 1. The van der Waals surface area contributed by atoms with Crippen molar-refractivity contribution in [2.45, 2.75) is 20.3 Å². The fourth-order valence-corrected chi connectivity index (χ4v) is 4.59. The second kappa shape index (κ2) is 10.8. The van der Waals surface area contributed by atoms with Crippen molar-refractivity contribution < 1.29 is 14.3 Å². The maximum atomic E-state index is 12.6. The lowest BCUT2D eigenvalue weighted by Gasteiger charge is -2.12. The number of nitrogens with zero attached hydrogens (tertiary/aromatic N) is 1. The van der Waals surface area contributed by atoms with Gasteiger partial charge in [-0.3, -0.25) is 9.69 Å². The van der Waals surface area contributed by atoms with Gasteiger partial charge in [-0.05, 0) is 61.4 Å². The van der Waals surface area contributed by atoms with E-state index >= 15 is 0 Å². The Labute approximate surface area is 197 Å².